The summed E-state index contributed by atoms with van der Waals surface area (Å²) in [6, 6.07) is 20.4. The van der Waals surface area contributed by atoms with Crippen LogP contribution in [0.25, 0.3) is 11.1 Å². The van der Waals surface area contributed by atoms with E-state index in [0.717, 1.165) is 22.9 Å². The van der Waals surface area contributed by atoms with Gasteiger partial charge in [-0.2, -0.15) is 0 Å². The maximum Gasteiger partial charge on any atom is 0.305 e. The number of carboxylic acid groups (broad SMARTS) is 1. The summed E-state index contributed by atoms with van der Waals surface area (Å²) in [5.74, 6) is -1.47. The topological polar surface area (TPSA) is 113 Å². The molecule has 0 saturated carbocycles. The highest BCUT2D eigenvalue weighted by Gasteiger charge is 2.18. The molecule has 3 aromatic carbocycles. The summed E-state index contributed by atoms with van der Waals surface area (Å²) >= 11 is 6.05. The van der Waals surface area contributed by atoms with Crippen LogP contribution in [0.3, 0.4) is 0 Å². The SMILES string of the molecule is CS(=O)(=O)Nc1ccc(C(=O)NC(CC(=O)O)Cc2ccc(-c3cccc(Cl)c3)cc2)cc1. The number of benzene rings is 3. The number of aliphatic carboxylic acids is 1. The molecule has 9 heteroatoms. The van der Waals surface area contributed by atoms with Gasteiger partial charge in [0.1, 0.15) is 0 Å². The maximum absolute atomic E-state index is 12.6. The minimum absolute atomic E-state index is 0.241. The van der Waals surface area contributed by atoms with Crippen molar-refractivity contribution in [3.05, 3.63) is 88.9 Å². The van der Waals surface area contributed by atoms with Crippen LogP contribution in [-0.2, 0) is 21.2 Å². The molecule has 33 heavy (non-hydrogen) atoms. The standard InChI is InChI=1S/C24H23ClN2O5S/c1-33(31,32)27-21-11-9-18(10-12-21)24(30)26-22(15-23(28)29)13-16-5-7-17(8-6-16)19-3-2-4-20(25)14-19/h2-12,14,22,27H,13,15H2,1H3,(H,26,30)(H,28,29). The molecule has 3 rings (SSSR count). The molecule has 172 valence electrons. The Kier molecular flexibility index (Phi) is 7.73. The number of hydrogen-bond donors (Lipinski definition) is 3. The molecule has 0 radical (unpaired) electrons. The van der Waals surface area contributed by atoms with Crippen molar-refractivity contribution in [3.63, 3.8) is 0 Å². The predicted octanol–water partition coefficient (Wildman–Crippen LogP) is 4.19. The van der Waals surface area contributed by atoms with E-state index in [-0.39, 0.29) is 6.42 Å². The first kappa shape index (κ1) is 24.3. The molecule has 0 heterocycles. The average Bonchev–Trinajstić information content (AvgIpc) is 2.73. The minimum atomic E-state index is -3.42. The summed E-state index contributed by atoms with van der Waals surface area (Å²) in [4.78, 5) is 24.0. The number of rotatable bonds is 9. The lowest BCUT2D eigenvalue weighted by molar-refractivity contribution is -0.137. The molecule has 0 spiro atoms. The van der Waals surface area contributed by atoms with Crippen LogP contribution in [-0.4, -0.2) is 37.7 Å². The normalized spacial score (nSPS) is 12.1. The smallest absolute Gasteiger partial charge is 0.305 e. The van der Waals surface area contributed by atoms with E-state index in [1.807, 2.05) is 42.5 Å². The van der Waals surface area contributed by atoms with E-state index in [9.17, 15) is 23.1 Å². The molecule has 3 N–H and O–H groups in total. The maximum atomic E-state index is 12.6. The van der Waals surface area contributed by atoms with Crippen LogP contribution < -0.4 is 10.0 Å². The first-order valence-electron chi connectivity index (χ1n) is 10.0. The second kappa shape index (κ2) is 10.5. The molecule has 0 saturated heterocycles. The number of hydrogen-bond acceptors (Lipinski definition) is 4. The van der Waals surface area contributed by atoms with Crippen molar-refractivity contribution in [2.45, 2.75) is 18.9 Å². The number of carbonyl (C=O) groups excluding carboxylic acids is 1. The zero-order valence-electron chi connectivity index (χ0n) is 17.8. The number of sulfonamides is 1. The number of nitrogens with one attached hydrogen (secondary N) is 2. The molecule has 0 bridgehead atoms. The van der Waals surface area contributed by atoms with E-state index >= 15 is 0 Å². The Hall–Kier alpha value is -3.36. The van der Waals surface area contributed by atoms with Gasteiger partial charge in [0.05, 0.1) is 12.7 Å². The Labute approximate surface area is 197 Å². The predicted molar refractivity (Wildman–Crippen MR) is 129 cm³/mol. The molecule has 7 nitrogen and oxygen atoms in total. The quantitative estimate of drug-likeness (QED) is 0.419. The Morgan fingerprint density at radius 1 is 0.970 bits per heavy atom. The molecule has 0 fully saturated rings. The lowest BCUT2D eigenvalue weighted by atomic mass is 9.99. The molecule has 0 aliphatic rings. The summed E-state index contributed by atoms with van der Waals surface area (Å²) in [7, 11) is -3.42. The lowest BCUT2D eigenvalue weighted by Gasteiger charge is -2.18. The highest BCUT2D eigenvalue weighted by Crippen LogP contribution is 2.23. The zero-order chi connectivity index (χ0) is 24.0. The van der Waals surface area contributed by atoms with E-state index < -0.39 is 27.9 Å². The third-order valence-corrected chi connectivity index (χ3v) is 5.64. The first-order valence-corrected chi connectivity index (χ1v) is 12.3. The molecule has 1 unspecified atom stereocenters. The van der Waals surface area contributed by atoms with E-state index in [0.29, 0.717) is 22.7 Å². The highest BCUT2D eigenvalue weighted by atomic mass is 35.5. The fourth-order valence-corrected chi connectivity index (χ4v) is 4.10. The zero-order valence-corrected chi connectivity index (χ0v) is 19.4. The van der Waals surface area contributed by atoms with Gasteiger partial charge in [-0.25, -0.2) is 8.42 Å². The van der Waals surface area contributed by atoms with E-state index in [1.165, 1.54) is 24.3 Å². The van der Waals surface area contributed by atoms with Gasteiger partial charge in [-0.1, -0.05) is 48.0 Å². The van der Waals surface area contributed by atoms with Crippen LogP contribution in [0.4, 0.5) is 5.69 Å². The van der Waals surface area contributed by atoms with Gasteiger partial charge in [0.2, 0.25) is 10.0 Å². The van der Waals surface area contributed by atoms with Crippen molar-refractivity contribution >= 4 is 39.2 Å². The van der Waals surface area contributed by atoms with Crippen LogP contribution in [0.15, 0.2) is 72.8 Å². The van der Waals surface area contributed by atoms with Gasteiger partial charge < -0.3 is 10.4 Å². The monoisotopic (exact) mass is 486 g/mol. The van der Waals surface area contributed by atoms with Crippen molar-refractivity contribution in [1.82, 2.24) is 5.32 Å². The summed E-state index contributed by atoms with van der Waals surface area (Å²) in [6.07, 6.45) is 1.13. The highest BCUT2D eigenvalue weighted by molar-refractivity contribution is 7.92. The molecule has 3 aromatic rings. The molecule has 0 aliphatic heterocycles. The van der Waals surface area contributed by atoms with E-state index in [4.69, 9.17) is 11.6 Å². The van der Waals surface area contributed by atoms with Crippen LogP contribution in [0.1, 0.15) is 22.3 Å². The second-order valence-electron chi connectivity index (χ2n) is 7.63. The van der Waals surface area contributed by atoms with E-state index in [2.05, 4.69) is 10.0 Å². The Morgan fingerprint density at radius 3 is 2.21 bits per heavy atom. The van der Waals surface area contributed by atoms with Gasteiger partial charge in [-0.3, -0.25) is 14.3 Å². The largest absolute Gasteiger partial charge is 0.481 e. The van der Waals surface area contributed by atoms with Gasteiger partial charge in [0.15, 0.2) is 0 Å². The number of halogens is 1. The summed E-state index contributed by atoms with van der Waals surface area (Å²) in [5.41, 5.74) is 3.44. The number of amides is 1. The van der Waals surface area contributed by atoms with Crippen molar-refractivity contribution in [2.24, 2.45) is 0 Å². The fourth-order valence-electron chi connectivity index (χ4n) is 3.34. The van der Waals surface area contributed by atoms with Gasteiger partial charge in [-0.05, 0) is 59.5 Å². The third kappa shape index (κ3) is 7.62. The van der Waals surface area contributed by atoms with Gasteiger partial charge in [0.25, 0.3) is 5.91 Å². The summed E-state index contributed by atoms with van der Waals surface area (Å²) in [6.45, 7) is 0. The van der Waals surface area contributed by atoms with Crippen molar-refractivity contribution in [2.75, 3.05) is 11.0 Å². The molecule has 0 aromatic heterocycles. The number of anilines is 1. The number of carbonyl (C=O) groups is 2. The molecule has 0 aliphatic carbocycles. The molecular formula is C24H23ClN2O5S. The Morgan fingerprint density at radius 2 is 1.64 bits per heavy atom. The van der Waals surface area contributed by atoms with E-state index in [1.54, 1.807) is 6.07 Å². The van der Waals surface area contributed by atoms with Crippen molar-refractivity contribution in [3.8, 4) is 11.1 Å². The Bertz CT molecular complexity index is 1240. The first-order chi connectivity index (χ1) is 15.6. The second-order valence-corrected chi connectivity index (χ2v) is 9.82. The van der Waals surface area contributed by atoms with Crippen LogP contribution in [0, 0.1) is 0 Å². The van der Waals surface area contributed by atoms with Gasteiger partial charge in [-0.15, -0.1) is 0 Å². The van der Waals surface area contributed by atoms with Crippen LogP contribution in [0.2, 0.25) is 5.02 Å². The van der Waals surface area contributed by atoms with Gasteiger partial charge in [0, 0.05) is 22.3 Å². The molecule has 1 atom stereocenters. The molecule has 1 amide bonds. The van der Waals surface area contributed by atoms with Crippen LogP contribution >= 0.6 is 11.6 Å². The minimum Gasteiger partial charge on any atom is -0.481 e. The van der Waals surface area contributed by atoms with Gasteiger partial charge >= 0.3 is 5.97 Å². The summed E-state index contributed by atoms with van der Waals surface area (Å²) in [5, 5.41) is 12.7. The average molecular weight is 487 g/mol. The lowest BCUT2D eigenvalue weighted by Crippen LogP contribution is -2.38. The third-order valence-electron chi connectivity index (χ3n) is 4.80. The van der Waals surface area contributed by atoms with Crippen molar-refractivity contribution < 1.29 is 23.1 Å². The van der Waals surface area contributed by atoms with Crippen LogP contribution in [0.5, 0.6) is 0 Å². The van der Waals surface area contributed by atoms with Crippen molar-refractivity contribution in [1.29, 1.82) is 0 Å². The summed E-state index contributed by atoms with van der Waals surface area (Å²) < 4.78 is 24.9. The fraction of sp³-hybridized carbons (Fsp3) is 0.167. The molecular weight excluding hydrogens is 464 g/mol. The Balaban J connectivity index is 1.69. The number of carboxylic acids is 1.